The van der Waals surface area contributed by atoms with Gasteiger partial charge in [0.1, 0.15) is 17.0 Å². The fourth-order valence-corrected chi connectivity index (χ4v) is 4.90. The van der Waals surface area contributed by atoms with E-state index in [1.807, 2.05) is 26.0 Å². The lowest BCUT2D eigenvalue weighted by Gasteiger charge is -2.11. The summed E-state index contributed by atoms with van der Waals surface area (Å²) in [6.07, 6.45) is 2.65. The molecule has 0 N–H and O–H groups in total. The fraction of sp³-hybridized carbons (Fsp3) is 0.208. The molecule has 0 spiro atoms. The lowest BCUT2D eigenvalue weighted by molar-refractivity contribution is 0.393. The summed E-state index contributed by atoms with van der Waals surface area (Å²) in [4.78, 5) is 17.4. The predicted molar refractivity (Wildman–Crippen MR) is 126 cm³/mol. The van der Waals surface area contributed by atoms with E-state index in [1.165, 1.54) is 16.8 Å². The van der Waals surface area contributed by atoms with Crippen molar-refractivity contribution in [3.63, 3.8) is 0 Å². The highest BCUT2D eigenvalue weighted by molar-refractivity contribution is 7.90. The van der Waals surface area contributed by atoms with Crippen molar-refractivity contribution in [3.05, 3.63) is 70.2 Å². The quantitative estimate of drug-likeness (QED) is 0.373. The summed E-state index contributed by atoms with van der Waals surface area (Å²) in [5, 5.41) is 4.69. The Morgan fingerprint density at radius 2 is 1.94 bits per heavy atom. The van der Waals surface area contributed by atoms with E-state index in [1.54, 1.807) is 25.3 Å². The first-order valence-electron chi connectivity index (χ1n) is 10.4. The van der Waals surface area contributed by atoms with Crippen molar-refractivity contribution in [2.45, 2.75) is 25.3 Å². The molecule has 0 saturated carbocycles. The van der Waals surface area contributed by atoms with Crippen molar-refractivity contribution in [1.82, 2.24) is 14.7 Å². The first kappa shape index (κ1) is 21.9. The zero-order valence-corrected chi connectivity index (χ0v) is 19.8. The van der Waals surface area contributed by atoms with E-state index in [0.29, 0.717) is 39.1 Å². The molecule has 0 aliphatic rings. The number of pyridine rings is 1. The van der Waals surface area contributed by atoms with Gasteiger partial charge in [0.25, 0.3) is 0 Å². The van der Waals surface area contributed by atoms with E-state index >= 15 is 0 Å². The first-order valence-corrected chi connectivity index (χ1v) is 12.3. The van der Waals surface area contributed by atoms with Crippen LogP contribution in [0.25, 0.3) is 33.1 Å². The molecule has 3 aromatic heterocycles. The molecule has 5 aromatic rings. The average molecular weight is 480 g/mol. The number of fused-ring (bicyclic) bond motifs is 3. The molecule has 0 bridgehead atoms. The van der Waals surface area contributed by atoms with Gasteiger partial charge in [0, 0.05) is 17.2 Å². The van der Waals surface area contributed by atoms with Crippen molar-refractivity contribution < 1.29 is 22.1 Å². The molecule has 0 amide bonds. The molecule has 0 aliphatic carbocycles. The van der Waals surface area contributed by atoms with E-state index in [4.69, 9.17) is 13.7 Å². The van der Waals surface area contributed by atoms with Gasteiger partial charge < -0.3 is 13.7 Å². The summed E-state index contributed by atoms with van der Waals surface area (Å²) < 4.78 is 41.9. The average Bonchev–Trinajstić information content (AvgIpc) is 3.30. The number of rotatable bonds is 5. The number of ether oxygens (including phenoxy) is 1. The Balaban J connectivity index is 1.73. The molecule has 3 heterocycles. The van der Waals surface area contributed by atoms with E-state index in [-0.39, 0.29) is 11.4 Å². The summed E-state index contributed by atoms with van der Waals surface area (Å²) in [6.45, 7) is 3.81. The summed E-state index contributed by atoms with van der Waals surface area (Å²) >= 11 is 0. The number of methoxy groups -OCH3 is 1. The lowest BCUT2D eigenvalue weighted by atomic mass is 10.0. The van der Waals surface area contributed by atoms with Gasteiger partial charge in [-0.2, -0.15) is 0 Å². The van der Waals surface area contributed by atoms with Gasteiger partial charge in [-0.15, -0.1) is 0 Å². The zero-order chi connectivity index (χ0) is 24.2. The van der Waals surface area contributed by atoms with Gasteiger partial charge in [-0.3, -0.25) is 9.55 Å². The molecule has 9 nitrogen and oxygen atoms in total. The Kier molecular flexibility index (Phi) is 5.05. The summed E-state index contributed by atoms with van der Waals surface area (Å²) in [5.41, 5.74) is 4.47. The number of benzene rings is 2. The molecular formula is C24H21N3O6S. The van der Waals surface area contributed by atoms with Crippen LogP contribution in [0.15, 0.2) is 61.2 Å². The molecule has 0 atom stereocenters. The van der Waals surface area contributed by atoms with Crippen LogP contribution in [-0.4, -0.2) is 36.5 Å². The number of hydrogen-bond donors (Lipinski definition) is 0. The number of aryl methyl sites for hydroxylation is 2. The molecule has 0 aliphatic heterocycles. The predicted octanol–water partition coefficient (Wildman–Crippen LogP) is 3.87. The third-order valence-corrected chi connectivity index (χ3v) is 6.90. The van der Waals surface area contributed by atoms with Gasteiger partial charge in [0.15, 0.2) is 15.4 Å². The third kappa shape index (κ3) is 3.56. The maximum Gasteiger partial charge on any atom is 0.420 e. The fourth-order valence-electron chi connectivity index (χ4n) is 4.21. The van der Waals surface area contributed by atoms with Crippen molar-refractivity contribution in [2.75, 3.05) is 13.4 Å². The first-order chi connectivity index (χ1) is 16.2. The highest BCUT2D eigenvalue weighted by atomic mass is 32.2. The second kappa shape index (κ2) is 7.84. The van der Waals surface area contributed by atoms with Crippen LogP contribution in [0.3, 0.4) is 0 Å². The Morgan fingerprint density at radius 3 is 2.62 bits per heavy atom. The Bertz CT molecular complexity index is 1720. The monoisotopic (exact) mass is 479 g/mol. The van der Waals surface area contributed by atoms with Crippen molar-refractivity contribution in [2.24, 2.45) is 0 Å². The molecule has 0 saturated heterocycles. The van der Waals surface area contributed by atoms with E-state index in [9.17, 15) is 13.2 Å². The lowest BCUT2D eigenvalue weighted by Crippen LogP contribution is -2.15. The van der Waals surface area contributed by atoms with Crippen LogP contribution in [0.2, 0.25) is 0 Å². The molecule has 10 heteroatoms. The van der Waals surface area contributed by atoms with Crippen LogP contribution < -0.4 is 10.5 Å². The van der Waals surface area contributed by atoms with Gasteiger partial charge in [-0.25, -0.2) is 13.2 Å². The standard InChI is InChI=1S/C24H21N3O6S/c1-13-22(14(2)33-26-13)18-9-19-17(10-20(18)31-3)23-21(11-25-19)32-24(28)27(23)12-15-6-5-7-16(8-15)34(4,29)30/h5-11H,12H2,1-4H3. The number of hydrogen-bond acceptors (Lipinski definition) is 8. The minimum atomic E-state index is -3.38. The molecule has 0 fully saturated rings. The third-order valence-electron chi connectivity index (χ3n) is 5.78. The highest BCUT2D eigenvalue weighted by Crippen LogP contribution is 2.38. The van der Waals surface area contributed by atoms with E-state index in [2.05, 4.69) is 10.1 Å². The molecule has 5 rings (SSSR count). The molecule has 0 unspecified atom stereocenters. The van der Waals surface area contributed by atoms with Crippen molar-refractivity contribution in [3.8, 4) is 16.9 Å². The van der Waals surface area contributed by atoms with Crippen LogP contribution in [0.1, 0.15) is 17.0 Å². The second-order valence-corrected chi connectivity index (χ2v) is 10.1. The van der Waals surface area contributed by atoms with Gasteiger partial charge >= 0.3 is 5.76 Å². The van der Waals surface area contributed by atoms with Crippen LogP contribution in [0, 0.1) is 13.8 Å². The largest absolute Gasteiger partial charge is 0.496 e. The van der Waals surface area contributed by atoms with Crippen LogP contribution >= 0.6 is 0 Å². The minimum absolute atomic E-state index is 0.127. The SMILES string of the molecule is COc1cc2c(cc1-c1c(C)noc1C)ncc1oc(=O)n(Cc3cccc(S(C)(=O)=O)c3)c12. The Morgan fingerprint density at radius 1 is 1.15 bits per heavy atom. The number of oxazole rings is 1. The van der Waals surface area contributed by atoms with Crippen molar-refractivity contribution in [1.29, 1.82) is 0 Å². The molecule has 34 heavy (non-hydrogen) atoms. The maximum absolute atomic E-state index is 12.8. The summed E-state index contributed by atoms with van der Waals surface area (Å²) in [5.74, 6) is 0.653. The molecule has 174 valence electrons. The van der Waals surface area contributed by atoms with E-state index in [0.717, 1.165) is 23.1 Å². The second-order valence-electron chi connectivity index (χ2n) is 8.11. The summed E-state index contributed by atoms with van der Waals surface area (Å²) in [7, 11) is -1.82. The van der Waals surface area contributed by atoms with Crippen LogP contribution in [-0.2, 0) is 16.4 Å². The maximum atomic E-state index is 12.8. The van der Waals surface area contributed by atoms with Gasteiger partial charge in [-0.05, 0) is 43.7 Å². The topological polar surface area (TPSA) is 117 Å². The molecular weight excluding hydrogens is 458 g/mol. The number of nitrogens with zero attached hydrogens (tertiary/aromatic N) is 3. The highest BCUT2D eigenvalue weighted by Gasteiger charge is 2.21. The summed E-state index contributed by atoms with van der Waals surface area (Å²) in [6, 6.07) is 10.2. The van der Waals surface area contributed by atoms with Crippen LogP contribution in [0.5, 0.6) is 5.75 Å². The Labute approximate surface area is 194 Å². The normalized spacial score (nSPS) is 12.0. The molecule has 2 aromatic carbocycles. The van der Waals surface area contributed by atoms with Gasteiger partial charge in [0.2, 0.25) is 0 Å². The molecule has 0 radical (unpaired) electrons. The number of aromatic nitrogens is 3. The Hall–Kier alpha value is -3.92. The smallest absolute Gasteiger partial charge is 0.420 e. The van der Waals surface area contributed by atoms with Crippen molar-refractivity contribution >= 4 is 31.8 Å². The van der Waals surface area contributed by atoms with Gasteiger partial charge in [-0.1, -0.05) is 17.3 Å². The van der Waals surface area contributed by atoms with Crippen LogP contribution in [0.4, 0.5) is 0 Å². The minimum Gasteiger partial charge on any atom is -0.496 e. The number of sulfone groups is 1. The van der Waals surface area contributed by atoms with E-state index < -0.39 is 15.6 Å². The van der Waals surface area contributed by atoms with Gasteiger partial charge in [0.05, 0.1) is 41.5 Å². The zero-order valence-electron chi connectivity index (χ0n) is 18.9.